The molecule has 0 spiro atoms. The van der Waals surface area contributed by atoms with Gasteiger partial charge in [-0.1, -0.05) is 6.07 Å². The topological polar surface area (TPSA) is 42.2 Å². The van der Waals surface area contributed by atoms with Gasteiger partial charge in [0.15, 0.2) is 11.5 Å². The summed E-state index contributed by atoms with van der Waals surface area (Å²) in [6.45, 7) is 0. The standard InChI is InChI=1S/C11H11NO2/c1-13-10-6-5-9(4-3-7-12)8-11(10)14-2/h3-6,8H,1-2H3/b4-3+. The third-order valence-electron chi connectivity index (χ3n) is 1.76. The smallest absolute Gasteiger partial charge is 0.161 e. The lowest BCUT2D eigenvalue weighted by molar-refractivity contribution is 0.355. The second kappa shape index (κ2) is 4.93. The summed E-state index contributed by atoms with van der Waals surface area (Å²) in [6, 6.07) is 7.40. The van der Waals surface area contributed by atoms with E-state index in [1.54, 1.807) is 26.4 Å². The average Bonchev–Trinajstić information content (AvgIpc) is 2.25. The van der Waals surface area contributed by atoms with Crippen molar-refractivity contribution in [3.05, 3.63) is 29.8 Å². The molecule has 0 aliphatic carbocycles. The lowest BCUT2D eigenvalue weighted by Gasteiger charge is -2.07. The van der Waals surface area contributed by atoms with Gasteiger partial charge in [0.1, 0.15) is 0 Å². The zero-order chi connectivity index (χ0) is 10.4. The first kappa shape index (κ1) is 10.1. The first-order chi connectivity index (χ1) is 6.81. The Bertz CT molecular complexity index is 377. The van der Waals surface area contributed by atoms with Crippen LogP contribution in [-0.2, 0) is 0 Å². The number of benzene rings is 1. The number of hydrogen-bond acceptors (Lipinski definition) is 3. The van der Waals surface area contributed by atoms with Gasteiger partial charge in [-0.15, -0.1) is 0 Å². The SMILES string of the molecule is COc1ccc(/C=C/C#N)cc1OC. The Morgan fingerprint density at radius 3 is 2.50 bits per heavy atom. The number of nitriles is 1. The van der Waals surface area contributed by atoms with E-state index in [0.29, 0.717) is 11.5 Å². The van der Waals surface area contributed by atoms with Gasteiger partial charge in [-0.05, 0) is 23.8 Å². The van der Waals surface area contributed by atoms with Gasteiger partial charge in [0.05, 0.1) is 20.3 Å². The minimum Gasteiger partial charge on any atom is -0.493 e. The molecular weight excluding hydrogens is 178 g/mol. The summed E-state index contributed by atoms with van der Waals surface area (Å²) in [5, 5.41) is 8.36. The highest BCUT2D eigenvalue weighted by molar-refractivity contribution is 5.57. The average molecular weight is 189 g/mol. The maximum Gasteiger partial charge on any atom is 0.161 e. The molecule has 0 atom stereocenters. The van der Waals surface area contributed by atoms with Crippen LogP contribution in [0.2, 0.25) is 0 Å². The van der Waals surface area contributed by atoms with Crippen LogP contribution in [0.1, 0.15) is 5.56 Å². The molecule has 0 N–H and O–H groups in total. The lowest BCUT2D eigenvalue weighted by atomic mass is 10.2. The quantitative estimate of drug-likeness (QED) is 0.685. The molecule has 0 radical (unpaired) electrons. The van der Waals surface area contributed by atoms with Crippen molar-refractivity contribution < 1.29 is 9.47 Å². The summed E-state index contributed by atoms with van der Waals surface area (Å²) in [7, 11) is 3.16. The number of ether oxygens (including phenoxy) is 2. The van der Waals surface area contributed by atoms with Crippen LogP contribution in [0.5, 0.6) is 11.5 Å². The van der Waals surface area contributed by atoms with E-state index >= 15 is 0 Å². The molecule has 0 heterocycles. The summed E-state index contributed by atoms with van der Waals surface area (Å²) in [5.74, 6) is 1.34. The van der Waals surface area contributed by atoms with E-state index in [1.165, 1.54) is 6.08 Å². The Balaban J connectivity index is 3.02. The summed E-state index contributed by atoms with van der Waals surface area (Å²) >= 11 is 0. The Labute approximate surface area is 83.2 Å². The van der Waals surface area contributed by atoms with Crippen LogP contribution in [0.4, 0.5) is 0 Å². The molecular formula is C11H11NO2. The van der Waals surface area contributed by atoms with Crippen molar-refractivity contribution >= 4 is 6.08 Å². The van der Waals surface area contributed by atoms with Crippen LogP contribution in [-0.4, -0.2) is 14.2 Å². The normalized spacial score (nSPS) is 9.79. The van der Waals surface area contributed by atoms with Gasteiger partial charge in [0, 0.05) is 6.08 Å². The minimum atomic E-state index is 0.660. The van der Waals surface area contributed by atoms with Gasteiger partial charge in [-0.25, -0.2) is 0 Å². The second-order valence-corrected chi connectivity index (χ2v) is 2.58. The van der Waals surface area contributed by atoms with Crippen molar-refractivity contribution in [2.75, 3.05) is 14.2 Å². The fourth-order valence-corrected chi connectivity index (χ4v) is 1.09. The summed E-state index contributed by atoms with van der Waals surface area (Å²) in [6.07, 6.45) is 3.13. The first-order valence-corrected chi connectivity index (χ1v) is 4.10. The van der Waals surface area contributed by atoms with Crippen LogP contribution < -0.4 is 9.47 Å². The Morgan fingerprint density at radius 1 is 1.21 bits per heavy atom. The Morgan fingerprint density at radius 2 is 1.93 bits per heavy atom. The van der Waals surface area contributed by atoms with Gasteiger partial charge in [-0.3, -0.25) is 0 Å². The van der Waals surface area contributed by atoms with Gasteiger partial charge >= 0.3 is 0 Å². The molecule has 3 heteroatoms. The van der Waals surface area contributed by atoms with Crippen molar-refractivity contribution in [3.63, 3.8) is 0 Å². The van der Waals surface area contributed by atoms with Crippen molar-refractivity contribution in [2.24, 2.45) is 0 Å². The summed E-state index contributed by atoms with van der Waals surface area (Å²) < 4.78 is 10.2. The lowest BCUT2D eigenvalue weighted by Crippen LogP contribution is -1.90. The highest BCUT2D eigenvalue weighted by atomic mass is 16.5. The fourth-order valence-electron chi connectivity index (χ4n) is 1.09. The molecule has 0 aliphatic rings. The van der Waals surface area contributed by atoms with Crippen molar-refractivity contribution in [2.45, 2.75) is 0 Å². The molecule has 1 aromatic carbocycles. The van der Waals surface area contributed by atoms with E-state index in [2.05, 4.69) is 0 Å². The molecule has 0 aliphatic heterocycles. The predicted molar refractivity (Wildman–Crippen MR) is 54.2 cm³/mol. The molecule has 1 aromatic rings. The maximum absolute atomic E-state index is 8.36. The van der Waals surface area contributed by atoms with E-state index in [9.17, 15) is 0 Å². The molecule has 72 valence electrons. The molecule has 0 saturated carbocycles. The first-order valence-electron chi connectivity index (χ1n) is 4.10. The maximum atomic E-state index is 8.36. The third kappa shape index (κ3) is 2.27. The highest BCUT2D eigenvalue weighted by Crippen LogP contribution is 2.27. The van der Waals surface area contributed by atoms with E-state index in [-0.39, 0.29) is 0 Å². The number of nitrogens with zero attached hydrogens (tertiary/aromatic N) is 1. The van der Waals surface area contributed by atoms with E-state index in [0.717, 1.165) is 5.56 Å². The Kier molecular flexibility index (Phi) is 3.57. The molecule has 1 rings (SSSR count). The van der Waals surface area contributed by atoms with Crippen LogP contribution in [0.3, 0.4) is 0 Å². The van der Waals surface area contributed by atoms with E-state index < -0.39 is 0 Å². The second-order valence-electron chi connectivity index (χ2n) is 2.58. The summed E-state index contributed by atoms with van der Waals surface area (Å²) in [4.78, 5) is 0. The number of methoxy groups -OCH3 is 2. The molecule has 0 bridgehead atoms. The van der Waals surface area contributed by atoms with Crippen molar-refractivity contribution in [1.82, 2.24) is 0 Å². The molecule has 0 saturated heterocycles. The van der Waals surface area contributed by atoms with Gasteiger partial charge < -0.3 is 9.47 Å². The number of hydrogen-bond donors (Lipinski definition) is 0. The third-order valence-corrected chi connectivity index (χ3v) is 1.76. The molecule has 14 heavy (non-hydrogen) atoms. The fraction of sp³-hybridized carbons (Fsp3) is 0.182. The van der Waals surface area contributed by atoms with E-state index in [1.807, 2.05) is 18.2 Å². The molecule has 0 fully saturated rings. The van der Waals surface area contributed by atoms with Crippen LogP contribution in [0.25, 0.3) is 6.08 Å². The van der Waals surface area contributed by atoms with Gasteiger partial charge in [0.2, 0.25) is 0 Å². The molecule has 0 unspecified atom stereocenters. The number of allylic oxidation sites excluding steroid dienone is 1. The molecule has 0 aromatic heterocycles. The van der Waals surface area contributed by atoms with Crippen LogP contribution in [0.15, 0.2) is 24.3 Å². The zero-order valence-electron chi connectivity index (χ0n) is 8.15. The highest BCUT2D eigenvalue weighted by Gasteiger charge is 2.01. The minimum absolute atomic E-state index is 0.660. The van der Waals surface area contributed by atoms with Crippen molar-refractivity contribution in [1.29, 1.82) is 5.26 Å². The number of rotatable bonds is 3. The van der Waals surface area contributed by atoms with E-state index in [4.69, 9.17) is 14.7 Å². The monoisotopic (exact) mass is 189 g/mol. The zero-order valence-corrected chi connectivity index (χ0v) is 8.15. The van der Waals surface area contributed by atoms with Crippen molar-refractivity contribution in [3.8, 4) is 17.6 Å². The largest absolute Gasteiger partial charge is 0.493 e. The van der Waals surface area contributed by atoms with Gasteiger partial charge in [-0.2, -0.15) is 5.26 Å². The Hall–Kier alpha value is -1.95. The van der Waals surface area contributed by atoms with Crippen LogP contribution >= 0.6 is 0 Å². The summed E-state index contributed by atoms with van der Waals surface area (Å²) in [5.41, 5.74) is 0.907. The molecule has 0 amide bonds. The van der Waals surface area contributed by atoms with Gasteiger partial charge in [0.25, 0.3) is 0 Å². The van der Waals surface area contributed by atoms with Crippen LogP contribution in [0, 0.1) is 11.3 Å². The predicted octanol–water partition coefficient (Wildman–Crippen LogP) is 2.24. The molecule has 3 nitrogen and oxygen atoms in total.